The molecule has 0 fully saturated rings. The maximum atomic E-state index is 5.21. The summed E-state index contributed by atoms with van der Waals surface area (Å²) in [6, 6.07) is 5.60. The summed E-state index contributed by atoms with van der Waals surface area (Å²) < 4.78 is 0. The van der Waals surface area contributed by atoms with Gasteiger partial charge in [0, 0.05) is 6.20 Å². The third kappa shape index (κ3) is 14.8. The third-order valence-corrected chi connectivity index (χ3v) is 2.79. The van der Waals surface area contributed by atoms with Gasteiger partial charge in [0.2, 0.25) is 0 Å². The fourth-order valence-electron chi connectivity index (χ4n) is 1.63. The van der Waals surface area contributed by atoms with E-state index in [0.717, 1.165) is 11.4 Å². The Morgan fingerprint density at radius 1 is 1.08 bits per heavy atom. The molecule has 0 atom stereocenters. The molecule has 0 amide bonds. The van der Waals surface area contributed by atoms with Crippen molar-refractivity contribution in [2.75, 3.05) is 0 Å². The number of nitrogens with zero attached hydrogens (tertiary/aromatic N) is 2. The molecule has 0 unspecified atom stereocenters. The number of aromatic nitrogens is 1. The zero-order chi connectivity index (χ0) is 15.3. The Kier molecular flexibility index (Phi) is 21.6. The maximum Gasteiger partial charge on any atom is 2.00 e. The predicted molar refractivity (Wildman–Crippen MR) is 93.1 cm³/mol. The standard InChI is InChI=1S/C8H10N4S.C8H12.2ClH.Ru/c1-6(11-12-8(9)13)7-4-2-3-5-10-7;1-2-4-6-8-7-5-3-1;;;/h2-5H,1H3,(H3,9,12,13);1-2,7-8H,3-6H2;2*1H;/q;;;;+2/p-2/b11-6+;2-1-,8-7-;;;. The van der Waals surface area contributed by atoms with Gasteiger partial charge in [-0.05, 0) is 57.0 Å². The summed E-state index contributed by atoms with van der Waals surface area (Å²) in [5.74, 6) is 0. The van der Waals surface area contributed by atoms with Crippen molar-refractivity contribution in [3.05, 3.63) is 54.4 Å². The normalized spacial score (nSPS) is 15.3. The summed E-state index contributed by atoms with van der Waals surface area (Å²) in [4.78, 5) is 4.10. The van der Waals surface area contributed by atoms with E-state index < -0.39 is 0 Å². The van der Waals surface area contributed by atoms with Crippen molar-refractivity contribution in [1.29, 1.82) is 0 Å². The average molecular weight is 474 g/mol. The SMILES string of the molecule is C/C(=N\NC(N)=S)c1ccccn1.C1=C\CC/C=C\CC/1.[Cl-].[Cl-].[Ru+2]. The summed E-state index contributed by atoms with van der Waals surface area (Å²) in [6.07, 6.45) is 15.7. The summed E-state index contributed by atoms with van der Waals surface area (Å²) >= 11 is 4.60. The topological polar surface area (TPSA) is 63.3 Å². The number of thiocarbonyl (C=S) groups is 1. The van der Waals surface area contributed by atoms with Crippen LogP contribution in [0.1, 0.15) is 38.3 Å². The van der Waals surface area contributed by atoms with Gasteiger partial charge in [-0.25, -0.2) is 0 Å². The number of pyridine rings is 1. The molecule has 2 rings (SSSR count). The minimum absolute atomic E-state index is 0. The van der Waals surface area contributed by atoms with Crippen LogP contribution < -0.4 is 36.0 Å². The van der Waals surface area contributed by atoms with Gasteiger partial charge >= 0.3 is 19.5 Å². The number of hydrazone groups is 1. The predicted octanol–water partition coefficient (Wildman–Crippen LogP) is -2.68. The minimum atomic E-state index is 0. The third-order valence-electron chi connectivity index (χ3n) is 2.70. The van der Waals surface area contributed by atoms with Gasteiger partial charge in [-0.2, -0.15) is 5.10 Å². The van der Waals surface area contributed by atoms with Crippen LogP contribution in [0, 0.1) is 0 Å². The van der Waals surface area contributed by atoms with Crippen molar-refractivity contribution in [3.63, 3.8) is 0 Å². The van der Waals surface area contributed by atoms with E-state index in [-0.39, 0.29) is 49.4 Å². The van der Waals surface area contributed by atoms with Gasteiger partial charge in [0.05, 0.1) is 11.4 Å². The Hall–Kier alpha value is -0.807. The smallest absolute Gasteiger partial charge is 1.00 e. The number of allylic oxidation sites excluding steroid dienone is 4. The van der Waals surface area contributed by atoms with Crippen molar-refractivity contribution < 1.29 is 44.3 Å². The largest absolute Gasteiger partial charge is 2.00 e. The van der Waals surface area contributed by atoms with E-state index >= 15 is 0 Å². The molecule has 0 spiro atoms. The van der Waals surface area contributed by atoms with Crippen LogP contribution in [0.4, 0.5) is 0 Å². The van der Waals surface area contributed by atoms with Crippen LogP contribution in [0.5, 0.6) is 0 Å². The zero-order valence-electron chi connectivity index (χ0n) is 13.4. The second kappa shape index (κ2) is 18.5. The van der Waals surface area contributed by atoms with E-state index in [1.807, 2.05) is 25.1 Å². The fraction of sp³-hybridized carbons (Fsp3) is 0.312. The summed E-state index contributed by atoms with van der Waals surface area (Å²) in [6.45, 7) is 1.83. The van der Waals surface area contributed by atoms with Crippen molar-refractivity contribution in [2.24, 2.45) is 10.8 Å². The average Bonchev–Trinajstić information content (AvgIpc) is 2.45. The van der Waals surface area contributed by atoms with E-state index in [1.165, 1.54) is 25.7 Å². The molecule has 0 aliphatic heterocycles. The second-order valence-corrected chi connectivity index (χ2v) is 4.93. The van der Waals surface area contributed by atoms with Crippen molar-refractivity contribution >= 4 is 23.0 Å². The van der Waals surface area contributed by atoms with Crippen molar-refractivity contribution in [1.82, 2.24) is 10.4 Å². The molecule has 3 N–H and O–H groups in total. The van der Waals surface area contributed by atoms with Gasteiger partial charge in [0.1, 0.15) is 0 Å². The molecule has 0 saturated heterocycles. The zero-order valence-corrected chi connectivity index (χ0v) is 17.5. The van der Waals surface area contributed by atoms with Gasteiger partial charge in [-0.15, -0.1) is 0 Å². The Morgan fingerprint density at radius 3 is 1.96 bits per heavy atom. The van der Waals surface area contributed by atoms with Gasteiger partial charge in [-0.1, -0.05) is 30.4 Å². The Balaban J connectivity index is -0.000000353. The number of nitrogens with two attached hydrogens (primary N) is 1. The Morgan fingerprint density at radius 2 is 1.58 bits per heavy atom. The van der Waals surface area contributed by atoms with Crippen LogP contribution in [-0.2, 0) is 19.5 Å². The molecular formula is C16H22Cl2N4RuS. The Labute approximate surface area is 175 Å². The van der Waals surface area contributed by atoms with Crippen molar-refractivity contribution in [3.8, 4) is 0 Å². The number of nitrogens with one attached hydrogen (secondary N) is 1. The van der Waals surface area contributed by atoms with E-state index in [2.05, 4.69) is 52.0 Å². The summed E-state index contributed by atoms with van der Waals surface area (Å²) in [5, 5.41) is 4.08. The van der Waals surface area contributed by atoms with Crippen LogP contribution in [0.25, 0.3) is 0 Å². The number of hydrogen-bond donors (Lipinski definition) is 2. The van der Waals surface area contributed by atoms with Crippen LogP contribution in [0.2, 0.25) is 0 Å². The molecule has 0 radical (unpaired) electrons. The fourth-order valence-corrected chi connectivity index (χ4v) is 1.67. The number of hydrogen-bond acceptors (Lipinski definition) is 3. The van der Waals surface area contributed by atoms with E-state index in [4.69, 9.17) is 5.73 Å². The quantitative estimate of drug-likeness (QED) is 0.161. The molecule has 0 bridgehead atoms. The first-order chi connectivity index (χ1) is 10.2. The molecule has 1 aromatic heterocycles. The first-order valence-electron chi connectivity index (χ1n) is 7.01. The molecule has 134 valence electrons. The molecular weight excluding hydrogens is 452 g/mol. The molecule has 8 heteroatoms. The first-order valence-corrected chi connectivity index (χ1v) is 7.42. The van der Waals surface area contributed by atoms with Crippen LogP contribution in [0.15, 0.2) is 53.8 Å². The van der Waals surface area contributed by atoms with Crippen LogP contribution in [0.3, 0.4) is 0 Å². The molecule has 0 saturated carbocycles. The molecule has 1 aromatic rings. The number of rotatable bonds is 2. The Bertz CT molecular complexity index is 496. The monoisotopic (exact) mass is 474 g/mol. The summed E-state index contributed by atoms with van der Waals surface area (Å²) in [7, 11) is 0. The molecule has 0 aromatic carbocycles. The maximum absolute atomic E-state index is 5.21. The van der Waals surface area contributed by atoms with Gasteiger partial charge in [0.25, 0.3) is 0 Å². The number of halogens is 2. The molecule has 24 heavy (non-hydrogen) atoms. The second-order valence-electron chi connectivity index (χ2n) is 4.49. The van der Waals surface area contributed by atoms with Crippen molar-refractivity contribution in [2.45, 2.75) is 32.6 Å². The first kappa shape index (κ1) is 28.0. The molecule has 4 nitrogen and oxygen atoms in total. The van der Waals surface area contributed by atoms with Gasteiger partial charge < -0.3 is 30.5 Å². The molecule has 1 heterocycles. The van der Waals surface area contributed by atoms with Gasteiger partial charge in [-0.3, -0.25) is 10.4 Å². The van der Waals surface area contributed by atoms with Crippen LogP contribution >= 0.6 is 12.2 Å². The summed E-state index contributed by atoms with van der Waals surface area (Å²) in [5.41, 5.74) is 9.25. The van der Waals surface area contributed by atoms with E-state index in [1.54, 1.807) is 6.20 Å². The molecule has 1 aliphatic rings. The molecule has 1 aliphatic carbocycles. The van der Waals surface area contributed by atoms with E-state index in [9.17, 15) is 0 Å². The van der Waals surface area contributed by atoms with Gasteiger partial charge in [0.15, 0.2) is 5.11 Å². The minimum Gasteiger partial charge on any atom is -1.00 e. The van der Waals surface area contributed by atoms with E-state index in [0.29, 0.717) is 0 Å². The van der Waals surface area contributed by atoms with Crippen LogP contribution in [-0.4, -0.2) is 15.8 Å².